The highest BCUT2D eigenvalue weighted by molar-refractivity contribution is 5.47. The quantitative estimate of drug-likeness (QED) is 0.859. The molecule has 2 aromatic rings. The molecule has 0 fully saturated rings. The molecule has 0 saturated carbocycles. The van der Waals surface area contributed by atoms with Gasteiger partial charge in [0.25, 0.3) is 0 Å². The fourth-order valence-corrected chi connectivity index (χ4v) is 1.70. The van der Waals surface area contributed by atoms with E-state index in [0.29, 0.717) is 12.5 Å². The van der Waals surface area contributed by atoms with Crippen LogP contribution in [0.25, 0.3) is 0 Å². The van der Waals surface area contributed by atoms with Crippen molar-refractivity contribution in [2.24, 2.45) is 0 Å². The average Bonchev–Trinajstić information content (AvgIpc) is 2.76. The molecule has 1 heterocycles. The van der Waals surface area contributed by atoms with E-state index >= 15 is 0 Å². The largest absolute Gasteiger partial charge is 0.484 e. The monoisotopic (exact) mass is 260 g/mol. The van der Waals surface area contributed by atoms with Gasteiger partial charge >= 0.3 is 0 Å². The molecule has 0 aliphatic rings. The number of anilines is 1. The van der Waals surface area contributed by atoms with Gasteiger partial charge < -0.3 is 14.9 Å². The molecule has 0 atom stereocenters. The van der Waals surface area contributed by atoms with E-state index < -0.39 is 0 Å². The molecule has 0 saturated heterocycles. The number of aryl methyl sites for hydroxylation is 1. The van der Waals surface area contributed by atoms with Crippen LogP contribution < -0.4 is 10.5 Å². The molecule has 0 bridgehead atoms. The highest BCUT2D eigenvalue weighted by Gasteiger charge is 2.19. The van der Waals surface area contributed by atoms with Crippen molar-refractivity contribution in [1.82, 2.24) is 4.98 Å². The zero-order valence-corrected chi connectivity index (χ0v) is 11.9. The Morgan fingerprint density at radius 2 is 2.05 bits per heavy atom. The van der Waals surface area contributed by atoms with Crippen LogP contribution in [0.2, 0.25) is 0 Å². The SMILES string of the molecule is Cc1cc(N)ccc1OCc1ncc(C(C)(C)C)o1. The summed E-state index contributed by atoms with van der Waals surface area (Å²) in [4.78, 5) is 4.23. The zero-order chi connectivity index (χ0) is 14.0. The Bertz CT molecular complexity index is 568. The number of nitrogen functional groups attached to an aromatic ring is 1. The van der Waals surface area contributed by atoms with Gasteiger partial charge in [-0.2, -0.15) is 0 Å². The van der Waals surface area contributed by atoms with Gasteiger partial charge in [0.05, 0.1) is 6.20 Å². The summed E-state index contributed by atoms with van der Waals surface area (Å²) in [6.45, 7) is 8.54. The van der Waals surface area contributed by atoms with E-state index in [-0.39, 0.29) is 5.41 Å². The Balaban J connectivity index is 2.04. The van der Waals surface area contributed by atoms with Gasteiger partial charge in [0.15, 0.2) is 6.61 Å². The van der Waals surface area contributed by atoms with E-state index in [9.17, 15) is 0 Å². The van der Waals surface area contributed by atoms with Gasteiger partial charge in [0, 0.05) is 11.1 Å². The Morgan fingerprint density at radius 3 is 2.63 bits per heavy atom. The molecule has 0 unspecified atom stereocenters. The third-order valence-electron chi connectivity index (χ3n) is 2.84. The number of aromatic nitrogens is 1. The third kappa shape index (κ3) is 3.28. The lowest BCUT2D eigenvalue weighted by atomic mass is 9.94. The minimum atomic E-state index is -0.0393. The highest BCUT2D eigenvalue weighted by atomic mass is 16.5. The summed E-state index contributed by atoms with van der Waals surface area (Å²) in [5, 5.41) is 0. The molecule has 4 heteroatoms. The Labute approximate surface area is 113 Å². The summed E-state index contributed by atoms with van der Waals surface area (Å²) in [6.07, 6.45) is 1.76. The van der Waals surface area contributed by atoms with Crippen LogP contribution in [-0.4, -0.2) is 4.98 Å². The summed E-state index contributed by atoms with van der Waals surface area (Å²) in [5.41, 5.74) is 7.40. The van der Waals surface area contributed by atoms with Gasteiger partial charge in [0.1, 0.15) is 11.5 Å². The molecular weight excluding hydrogens is 240 g/mol. The smallest absolute Gasteiger partial charge is 0.232 e. The first-order chi connectivity index (χ1) is 8.86. The maximum Gasteiger partial charge on any atom is 0.232 e. The molecule has 2 N–H and O–H groups in total. The minimum absolute atomic E-state index is 0.0393. The Morgan fingerprint density at radius 1 is 1.32 bits per heavy atom. The van der Waals surface area contributed by atoms with Crippen LogP contribution in [0, 0.1) is 6.92 Å². The number of ether oxygens (including phenoxy) is 1. The van der Waals surface area contributed by atoms with Crippen molar-refractivity contribution >= 4 is 5.69 Å². The lowest BCUT2D eigenvalue weighted by molar-refractivity contribution is 0.250. The molecule has 0 radical (unpaired) electrons. The standard InChI is InChI=1S/C15H20N2O2/c1-10-7-11(16)5-6-12(10)18-9-14-17-8-13(19-14)15(2,3)4/h5-8H,9,16H2,1-4H3. The van der Waals surface area contributed by atoms with Crippen molar-refractivity contribution in [2.75, 3.05) is 5.73 Å². The number of oxazole rings is 1. The molecule has 0 spiro atoms. The van der Waals surface area contributed by atoms with Crippen LogP contribution in [0.4, 0.5) is 5.69 Å². The fourth-order valence-electron chi connectivity index (χ4n) is 1.70. The first kappa shape index (κ1) is 13.5. The van der Waals surface area contributed by atoms with Crippen LogP contribution in [0.15, 0.2) is 28.8 Å². The number of rotatable bonds is 3. The van der Waals surface area contributed by atoms with E-state index in [1.807, 2.05) is 25.1 Å². The number of benzene rings is 1. The normalized spacial score (nSPS) is 11.6. The second-order valence-electron chi connectivity index (χ2n) is 5.68. The number of nitrogens with zero attached hydrogens (tertiary/aromatic N) is 1. The van der Waals surface area contributed by atoms with Crippen molar-refractivity contribution in [1.29, 1.82) is 0 Å². The predicted molar refractivity (Wildman–Crippen MR) is 75.1 cm³/mol. The van der Waals surface area contributed by atoms with Gasteiger partial charge in [-0.25, -0.2) is 4.98 Å². The summed E-state index contributed by atoms with van der Waals surface area (Å²) in [6, 6.07) is 5.56. The summed E-state index contributed by atoms with van der Waals surface area (Å²) < 4.78 is 11.4. The minimum Gasteiger partial charge on any atom is -0.484 e. The summed E-state index contributed by atoms with van der Waals surface area (Å²) in [7, 11) is 0. The van der Waals surface area contributed by atoms with Gasteiger partial charge in [-0.15, -0.1) is 0 Å². The molecule has 1 aromatic carbocycles. The molecular formula is C15H20N2O2. The molecule has 1 aromatic heterocycles. The van der Waals surface area contributed by atoms with Crippen molar-refractivity contribution in [3.05, 3.63) is 41.6 Å². The van der Waals surface area contributed by atoms with Crippen LogP contribution in [-0.2, 0) is 12.0 Å². The highest BCUT2D eigenvalue weighted by Crippen LogP contribution is 2.24. The first-order valence-corrected chi connectivity index (χ1v) is 6.30. The molecule has 2 rings (SSSR count). The maximum atomic E-state index is 5.70. The van der Waals surface area contributed by atoms with E-state index in [2.05, 4.69) is 25.8 Å². The molecule has 4 nitrogen and oxygen atoms in total. The topological polar surface area (TPSA) is 61.3 Å². The number of hydrogen-bond donors (Lipinski definition) is 1. The van der Waals surface area contributed by atoms with Crippen molar-refractivity contribution in [2.45, 2.75) is 39.7 Å². The van der Waals surface area contributed by atoms with E-state index in [1.54, 1.807) is 6.20 Å². The van der Waals surface area contributed by atoms with E-state index in [1.165, 1.54) is 0 Å². The second kappa shape index (κ2) is 4.96. The molecule has 0 aliphatic heterocycles. The Hall–Kier alpha value is -1.97. The number of hydrogen-bond acceptors (Lipinski definition) is 4. The van der Waals surface area contributed by atoms with Gasteiger partial charge in [0.2, 0.25) is 5.89 Å². The summed E-state index contributed by atoms with van der Waals surface area (Å²) >= 11 is 0. The first-order valence-electron chi connectivity index (χ1n) is 6.30. The van der Waals surface area contributed by atoms with Gasteiger partial charge in [-0.3, -0.25) is 0 Å². The van der Waals surface area contributed by atoms with Crippen LogP contribution in [0.5, 0.6) is 5.75 Å². The Kier molecular flexibility index (Phi) is 3.51. The summed E-state index contributed by atoms with van der Waals surface area (Å²) in [5.74, 6) is 2.24. The van der Waals surface area contributed by atoms with E-state index in [4.69, 9.17) is 14.9 Å². The predicted octanol–water partition coefficient (Wildman–Crippen LogP) is 3.44. The maximum absolute atomic E-state index is 5.70. The van der Waals surface area contributed by atoms with Gasteiger partial charge in [-0.05, 0) is 30.7 Å². The van der Waals surface area contributed by atoms with Crippen molar-refractivity contribution in [3.8, 4) is 5.75 Å². The van der Waals surface area contributed by atoms with Crippen LogP contribution in [0.3, 0.4) is 0 Å². The van der Waals surface area contributed by atoms with Crippen LogP contribution in [0.1, 0.15) is 38.0 Å². The molecule has 0 amide bonds. The van der Waals surface area contributed by atoms with Gasteiger partial charge in [-0.1, -0.05) is 20.8 Å². The van der Waals surface area contributed by atoms with Crippen molar-refractivity contribution < 1.29 is 9.15 Å². The second-order valence-corrected chi connectivity index (χ2v) is 5.68. The van der Waals surface area contributed by atoms with Crippen molar-refractivity contribution in [3.63, 3.8) is 0 Å². The molecule has 102 valence electrons. The van der Waals surface area contributed by atoms with Crippen LogP contribution >= 0.6 is 0 Å². The lowest BCUT2D eigenvalue weighted by Gasteiger charge is -2.13. The van der Waals surface area contributed by atoms with E-state index in [0.717, 1.165) is 22.8 Å². The molecule has 19 heavy (non-hydrogen) atoms. The number of nitrogens with two attached hydrogens (primary N) is 1. The average molecular weight is 260 g/mol. The zero-order valence-electron chi connectivity index (χ0n) is 11.9. The molecule has 0 aliphatic carbocycles. The third-order valence-corrected chi connectivity index (χ3v) is 2.84. The lowest BCUT2D eigenvalue weighted by Crippen LogP contribution is -2.09. The fraction of sp³-hybridized carbons (Fsp3) is 0.400.